The Balaban J connectivity index is 2.04. The Labute approximate surface area is 97.8 Å². The molecular formula is C14H21NO. The van der Waals surface area contributed by atoms with Gasteiger partial charge in [0.25, 0.3) is 0 Å². The van der Waals surface area contributed by atoms with Gasteiger partial charge in [-0.05, 0) is 44.2 Å². The van der Waals surface area contributed by atoms with Gasteiger partial charge in [-0.1, -0.05) is 23.8 Å². The third-order valence-electron chi connectivity index (χ3n) is 3.40. The molecule has 1 aromatic carbocycles. The van der Waals surface area contributed by atoms with Crippen LogP contribution in [0.1, 0.15) is 29.5 Å². The Hall–Kier alpha value is -0.860. The normalized spacial score (nSPS) is 22.3. The van der Waals surface area contributed by atoms with Crippen LogP contribution in [0.3, 0.4) is 0 Å². The van der Waals surface area contributed by atoms with Crippen molar-refractivity contribution in [3.63, 3.8) is 0 Å². The summed E-state index contributed by atoms with van der Waals surface area (Å²) in [5.74, 6) is 0. The van der Waals surface area contributed by atoms with E-state index in [1.807, 2.05) is 0 Å². The summed E-state index contributed by atoms with van der Waals surface area (Å²) in [5.41, 5.74) is 10.2. The second-order valence-electron chi connectivity index (χ2n) is 4.85. The summed E-state index contributed by atoms with van der Waals surface area (Å²) < 4.78 is 5.63. The molecule has 1 aliphatic rings. The van der Waals surface area contributed by atoms with Gasteiger partial charge in [0, 0.05) is 12.6 Å². The molecule has 2 rings (SSSR count). The minimum Gasteiger partial charge on any atom is -0.377 e. The van der Waals surface area contributed by atoms with Crippen molar-refractivity contribution in [3.05, 3.63) is 34.9 Å². The first kappa shape index (κ1) is 11.6. The molecule has 0 aliphatic carbocycles. The SMILES string of the molecule is Cc1ccc(C)c(CC(N)C2CCCO2)c1. The average molecular weight is 219 g/mol. The molecule has 2 nitrogen and oxygen atoms in total. The van der Waals surface area contributed by atoms with E-state index < -0.39 is 0 Å². The molecule has 0 amide bonds. The molecular weight excluding hydrogens is 198 g/mol. The number of hydrogen-bond acceptors (Lipinski definition) is 2. The third-order valence-corrected chi connectivity index (χ3v) is 3.40. The van der Waals surface area contributed by atoms with E-state index in [9.17, 15) is 0 Å². The molecule has 1 heterocycles. The lowest BCUT2D eigenvalue weighted by Crippen LogP contribution is -2.36. The van der Waals surface area contributed by atoms with Crippen molar-refractivity contribution in [2.45, 2.75) is 45.3 Å². The monoisotopic (exact) mass is 219 g/mol. The first-order valence-electron chi connectivity index (χ1n) is 6.10. The number of hydrogen-bond donors (Lipinski definition) is 1. The Kier molecular flexibility index (Phi) is 3.62. The molecule has 0 spiro atoms. The van der Waals surface area contributed by atoms with Crippen LogP contribution in [-0.2, 0) is 11.2 Å². The summed E-state index contributed by atoms with van der Waals surface area (Å²) in [7, 11) is 0. The van der Waals surface area contributed by atoms with E-state index in [4.69, 9.17) is 10.5 Å². The highest BCUT2D eigenvalue weighted by atomic mass is 16.5. The molecule has 1 aliphatic heterocycles. The van der Waals surface area contributed by atoms with E-state index in [1.54, 1.807) is 0 Å². The predicted molar refractivity (Wildman–Crippen MR) is 66.6 cm³/mol. The topological polar surface area (TPSA) is 35.2 Å². The smallest absolute Gasteiger partial charge is 0.0730 e. The summed E-state index contributed by atoms with van der Waals surface area (Å²) in [5, 5.41) is 0. The Bertz CT molecular complexity index is 356. The number of benzene rings is 1. The molecule has 0 saturated carbocycles. The van der Waals surface area contributed by atoms with Gasteiger partial charge in [-0.2, -0.15) is 0 Å². The Morgan fingerprint density at radius 2 is 2.25 bits per heavy atom. The second-order valence-corrected chi connectivity index (χ2v) is 4.85. The molecule has 0 aromatic heterocycles. The lowest BCUT2D eigenvalue weighted by atomic mass is 9.96. The molecule has 88 valence electrons. The van der Waals surface area contributed by atoms with Gasteiger partial charge < -0.3 is 10.5 Å². The first-order valence-corrected chi connectivity index (χ1v) is 6.10. The zero-order chi connectivity index (χ0) is 11.5. The molecule has 1 fully saturated rings. The maximum Gasteiger partial charge on any atom is 0.0730 e. The van der Waals surface area contributed by atoms with Crippen LogP contribution in [-0.4, -0.2) is 18.8 Å². The number of nitrogens with two attached hydrogens (primary N) is 1. The van der Waals surface area contributed by atoms with Crippen LogP contribution < -0.4 is 5.73 Å². The molecule has 16 heavy (non-hydrogen) atoms. The lowest BCUT2D eigenvalue weighted by Gasteiger charge is -2.19. The molecule has 2 heteroatoms. The fourth-order valence-electron chi connectivity index (χ4n) is 2.35. The van der Waals surface area contributed by atoms with Gasteiger partial charge in [0.15, 0.2) is 0 Å². The summed E-state index contributed by atoms with van der Waals surface area (Å²) in [6, 6.07) is 6.70. The van der Waals surface area contributed by atoms with Crippen LogP contribution in [0.2, 0.25) is 0 Å². The first-order chi connectivity index (χ1) is 7.66. The standard InChI is InChI=1S/C14H21NO/c1-10-5-6-11(2)12(8-10)9-13(15)14-4-3-7-16-14/h5-6,8,13-14H,3-4,7,9,15H2,1-2H3. The fraction of sp³-hybridized carbons (Fsp3) is 0.571. The van der Waals surface area contributed by atoms with E-state index >= 15 is 0 Å². The zero-order valence-corrected chi connectivity index (χ0v) is 10.2. The average Bonchev–Trinajstić information content (AvgIpc) is 2.76. The van der Waals surface area contributed by atoms with E-state index in [0.717, 1.165) is 25.9 Å². The number of rotatable bonds is 3. The van der Waals surface area contributed by atoms with Crippen LogP contribution in [0.4, 0.5) is 0 Å². The molecule has 0 radical (unpaired) electrons. The zero-order valence-electron chi connectivity index (χ0n) is 10.2. The van der Waals surface area contributed by atoms with Crippen molar-refractivity contribution in [1.82, 2.24) is 0 Å². The Morgan fingerprint density at radius 1 is 1.44 bits per heavy atom. The van der Waals surface area contributed by atoms with Crippen molar-refractivity contribution < 1.29 is 4.74 Å². The quantitative estimate of drug-likeness (QED) is 0.847. The van der Waals surface area contributed by atoms with Crippen molar-refractivity contribution in [2.24, 2.45) is 5.73 Å². The van der Waals surface area contributed by atoms with Crippen LogP contribution in [0, 0.1) is 13.8 Å². The van der Waals surface area contributed by atoms with Crippen LogP contribution >= 0.6 is 0 Å². The predicted octanol–water partition coefficient (Wildman–Crippen LogP) is 2.35. The van der Waals surface area contributed by atoms with Gasteiger partial charge in [0.05, 0.1) is 6.10 Å². The molecule has 2 unspecified atom stereocenters. The largest absolute Gasteiger partial charge is 0.377 e. The van der Waals surface area contributed by atoms with Gasteiger partial charge in [0.1, 0.15) is 0 Å². The van der Waals surface area contributed by atoms with Crippen molar-refractivity contribution in [2.75, 3.05) is 6.61 Å². The summed E-state index contributed by atoms with van der Waals surface area (Å²) in [6.07, 6.45) is 3.47. The van der Waals surface area contributed by atoms with Crippen molar-refractivity contribution >= 4 is 0 Å². The highest BCUT2D eigenvalue weighted by Gasteiger charge is 2.23. The maximum absolute atomic E-state index is 6.20. The fourth-order valence-corrected chi connectivity index (χ4v) is 2.35. The molecule has 2 atom stereocenters. The summed E-state index contributed by atoms with van der Waals surface area (Å²) in [6.45, 7) is 5.16. The Morgan fingerprint density at radius 3 is 2.94 bits per heavy atom. The van der Waals surface area contributed by atoms with Crippen LogP contribution in [0.25, 0.3) is 0 Å². The molecule has 1 saturated heterocycles. The van der Waals surface area contributed by atoms with Crippen LogP contribution in [0.15, 0.2) is 18.2 Å². The molecule has 2 N–H and O–H groups in total. The van der Waals surface area contributed by atoms with Crippen LogP contribution in [0.5, 0.6) is 0 Å². The van der Waals surface area contributed by atoms with Gasteiger partial charge in [0.2, 0.25) is 0 Å². The van der Waals surface area contributed by atoms with Gasteiger partial charge >= 0.3 is 0 Å². The minimum atomic E-state index is 0.142. The van der Waals surface area contributed by atoms with Crippen molar-refractivity contribution in [1.29, 1.82) is 0 Å². The number of aryl methyl sites for hydroxylation is 2. The second kappa shape index (κ2) is 4.98. The highest BCUT2D eigenvalue weighted by molar-refractivity contribution is 5.31. The van der Waals surface area contributed by atoms with E-state index in [-0.39, 0.29) is 12.1 Å². The summed E-state index contributed by atoms with van der Waals surface area (Å²) >= 11 is 0. The van der Waals surface area contributed by atoms with Gasteiger partial charge in [-0.3, -0.25) is 0 Å². The van der Waals surface area contributed by atoms with E-state index in [0.29, 0.717) is 0 Å². The number of ether oxygens (including phenoxy) is 1. The maximum atomic E-state index is 6.20. The van der Waals surface area contributed by atoms with Gasteiger partial charge in [-0.25, -0.2) is 0 Å². The van der Waals surface area contributed by atoms with E-state index in [1.165, 1.54) is 16.7 Å². The summed E-state index contributed by atoms with van der Waals surface area (Å²) in [4.78, 5) is 0. The van der Waals surface area contributed by atoms with Gasteiger partial charge in [-0.15, -0.1) is 0 Å². The van der Waals surface area contributed by atoms with E-state index in [2.05, 4.69) is 32.0 Å². The molecule has 0 bridgehead atoms. The lowest BCUT2D eigenvalue weighted by molar-refractivity contribution is 0.0900. The highest BCUT2D eigenvalue weighted by Crippen LogP contribution is 2.19. The molecule has 1 aromatic rings. The minimum absolute atomic E-state index is 0.142. The van der Waals surface area contributed by atoms with Crippen molar-refractivity contribution in [3.8, 4) is 0 Å². The third kappa shape index (κ3) is 2.63.